The first kappa shape index (κ1) is 13.7. The summed E-state index contributed by atoms with van der Waals surface area (Å²) >= 11 is 1.71. The lowest BCUT2D eigenvalue weighted by atomic mass is 10.0. The minimum absolute atomic E-state index is 0.0134. The van der Waals surface area contributed by atoms with Crippen LogP contribution >= 0.6 is 11.3 Å². The zero-order valence-electron chi connectivity index (χ0n) is 11.8. The molecule has 1 aromatic heterocycles. The van der Waals surface area contributed by atoms with E-state index in [1.54, 1.807) is 11.3 Å². The molecule has 1 atom stereocenters. The lowest BCUT2D eigenvalue weighted by Gasteiger charge is -2.23. The van der Waals surface area contributed by atoms with E-state index in [1.165, 1.54) is 12.0 Å². The highest BCUT2D eigenvalue weighted by molar-refractivity contribution is 7.09. The Morgan fingerprint density at radius 3 is 2.95 bits per heavy atom. The lowest BCUT2D eigenvalue weighted by molar-refractivity contribution is 0.0207. The first-order chi connectivity index (χ1) is 9.75. The molecule has 1 unspecified atom stereocenters. The minimum atomic E-state index is 0.0134. The van der Waals surface area contributed by atoms with E-state index in [2.05, 4.69) is 34.7 Å². The Hall–Kier alpha value is -1.23. The number of nitrogens with one attached hydrogen (secondary N) is 1. The van der Waals surface area contributed by atoms with Gasteiger partial charge in [0.25, 0.3) is 0 Å². The van der Waals surface area contributed by atoms with Crippen molar-refractivity contribution in [2.75, 3.05) is 13.2 Å². The van der Waals surface area contributed by atoms with Crippen LogP contribution in [-0.4, -0.2) is 23.7 Å². The van der Waals surface area contributed by atoms with Gasteiger partial charge in [0, 0.05) is 30.6 Å². The van der Waals surface area contributed by atoms with E-state index < -0.39 is 0 Å². The van der Waals surface area contributed by atoms with Gasteiger partial charge in [0.1, 0.15) is 5.01 Å². The summed E-state index contributed by atoms with van der Waals surface area (Å²) in [5.41, 5.74) is 2.26. The third-order valence-electron chi connectivity index (χ3n) is 3.70. The molecule has 2 heterocycles. The van der Waals surface area contributed by atoms with Gasteiger partial charge >= 0.3 is 0 Å². The molecule has 1 fully saturated rings. The van der Waals surface area contributed by atoms with Crippen LogP contribution < -0.4 is 5.32 Å². The molecule has 1 aliphatic heterocycles. The monoisotopic (exact) mass is 288 g/mol. The third-order valence-corrected chi connectivity index (χ3v) is 4.55. The molecule has 3 nitrogen and oxygen atoms in total. The molecule has 4 heteroatoms. The summed E-state index contributed by atoms with van der Waals surface area (Å²) in [6.07, 6.45) is 2.32. The second kappa shape index (κ2) is 6.04. The highest BCUT2D eigenvalue weighted by atomic mass is 32.1. The zero-order chi connectivity index (χ0) is 13.8. The number of aromatic nitrogens is 1. The predicted molar refractivity (Wildman–Crippen MR) is 82.8 cm³/mol. The fourth-order valence-corrected chi connectivity index (χ4v) is 3.32. The van der Waals surface area contributed by atoms with Crippen molar-refractivity contribution in [2.45, 2.75) is 31.9 Å². The van der Waals surface area contributed by atoms with Gasteiger partial charge in [-0.3, -0.25) is 0 Å². The SMILES string of the molecule is CC1(CNCc2nc(-c3ccccc3)cs2)CCCO1. The fraction of sp³-hybridized carbons (Fsp3) is 0.438. The first-order valence-electron chi connectivity index (χ1n) is 7.10. The maximum absolute atomic E-state index is 5.77. The third kappa shape index (κ3) is 3.26. The molecule has 0 saturated carbocycles. The van der Waals surface area contributed by atoms with E-state index >= 15 is 0 Å². The standard InChI is InChI=1S/C16H20N2OS/c1-16(8-5-9-19-16)12-17-10-15-18-14(11-20-15)13-6-3-2-4-7-13/h2-4,6-7,11,17H,5,8-10,12H2,1H3. The van der Waals surface area contributed by atoms with Crippen molar-refractivity contribution in [1.82, 2.24) is 10.3 Å². The average molecular weight is 288 g/mol. The van der Waals surface area contributed by atoms with Gasteiger partial charge in [-0.2, -0.15) is 0 Å². The van der Waals surface area contributed by atoms with Crippen molar-refractivity contribution in [1.29, 1.82) is 0 Å². The lowest BCUT2D eigenvalue weighted by Crippen LogP contribution is -2.36. The zero-order valence-corrected chi connectivity index (χ0v) is 12.6. The number of hydrogen-bond acceptors (Lipinski definition) is 4. The number of nitrogens with zero attached hydrogens (tertiary/aromatic N) is 1. The van der Waals surface area contributed by atoms with Crippen LogP contribution in [0.15, 0.2) is 35.7 Å². The Morgan fingerprint density at radius 1 is 1.35 bits per heavy atom. The first-order valence-corrected chi connectivity index (χ1v) is 7.98. The summed E-state index contributed by atoms with van der Waals surface area (Å²) in [5, 5.41) is 6.73. The molecule has 1 saturated heterocycles. The van der Waals surface area contributed by atoms with Crippen LogP contribution in [-0.2, 0) is 11.3 Å². The number of benzene rings is 1. The van der Waals surface area contributed by atoms with Gasteiger partial charge in [-0.05, 0) is 19.8 Å². The molecular weight excluding hydrogens is 268 g/mol. The second-order valence-electron chi connectivity index (χ2n) is 5.50. The van der Waals surface area contributed by atoms with Crippen LogP contribution in [0, 0.1) is 0 Å². The van der Waals surface area contributed by atoms with Gasteiger partial charge in [0.05, 0.1) is 11.3 Å². The number of thiazole rings is 1. The van der Waals surface area contributed by atoms with Gasteiger partial charge in [0.2, 0.25) is 0 Å². The molecule has 0 spiro atoms. The van der Waals surface area contributed by atoms with E-state index in [1.807, 2.05) is 18.2 Å². The van der Waals surface area contributed by atoms with Crippen LogP contribution in [0.5, 0.6) is 0 Å². The molecule has 20 heavy (non-hydrogen) atoms. The van der Waals surface area contributed by atoms with Gasteiger partial charge in [-0.1, -0.05) is 30.3 Å². The maximum Gasteiger partial charge on any atom is 0.107 e. The summed E-state index contributed by atoms with van der Waals surface area (Å²) in [4.78, 5) is 4.68. The highest BCUT2D eigenvalue weighted by Gasteiger charge is 2.29. The molecule has 1 N–H and O–H groups in total. The van der Waals surface area contributed by atoms with E-state index in [-0.39, 0.29) is 5.60 Å². The Balaban J connectivity index is 1.55. The molecule has 0 bridgehead atoms. The number of hydrogen-bond donors (Lipinski definition) is 1. The summed E-state index contributed by atoms with van der Waals surface area (Å²) in [5.74, 6) is 0. The van der Waals surface area contributed by atoms with Gasteiger partial charge < -0.3 is 10.1 Å². The smallest absolute Gasteiger partial charge is 0.107 e. The van der Waals surface area contributed by atoms with Crippen molar-refractivity contribution in [2.24, 2.45) is 0 Å². The van der Waals surface area contributed by atoms with Crippen molar-refractivity contribution >= 4 is 11.3 Å². The van der Waals surface area contributed by atoms with Crippen molar-refractivity contribution in [3.63, 3.8) is 0 Å². The Kier molecular flexibility index (Phi) is 4.15. The maximum atomic E-state index is 5.77. The van der Waals surface area contributed by atoms with Gasteiger partial charge in [-0.25, -0.2) is 4.98 Å². The molecule has 1 aliphatic rings. The highest BCUT2D eigenvalue weighted by Crippen LogP contribution is 2.25. The van der Waals surface area contributed by atoms with Crippen molar-refractivity contribution in [3.8, 4) is 11.3 Å². The van der Waals surface area contributed by atoms with E-state index in [0.717, 1.165) is 36.8 Å². The van der Waals surface area contributed by atoms with Crippen molar-refractivity contribution < 1.29 is 4.74 Å². The van der Waals surface area contributed by atoms with Crippen molar-refractivity contribution in [3.05, 3.63) is 40.7 Å². The van der Waals surface area contributed by atoms with Gasteiger partial charge in [0.15, 0.2) is 0 Å². The molecule has 0 aliphatic carbocycles. The van der Waals surface area contributed by atoms with Crippen LogP contribution in [0.2, 0.25) is 0 Å². The fourth-order valence-electron chi connectivity index (χ4n) is 2.54. The Labute approximate surface area is 124 Å². The largest absolute Gasteiger partial charge is 0.374 e. The molecule has 0 amide bonds. The summed E-state index contributed by atoms with van der Waals surface area (Å²) in [7, 11) is 0. The number of ether oxygens (including phenoxy) is 1. The quantitative estimate of drug-likeness (QED) is 0.915. The molecule has 3 rings (SSSR count). The molecule has 1 aromatic carbocycles. The molecular formula is C16H20N2OS. The van der Waals surface area contributed by atoms with Crippen LogP contribution in [0.25, 0.3) is 11.3 Å². The van der Waals surface area contributed by atoms with Crippen LogP contribution in [0.4, 0.5) is 0 Å². The Morgan fingerprint density at radius 2 is 2.20 bits per heavy atom. The minimum Gasteiger partial charge on any atom is -0.374 e. The van der Waals surface area contributed by atoms with E-state index in [4.69, 9.17) is 4.74 Å². The average Bonchev–Trinajstić information content (AvgIpc) is 3.10. The van der Waals surface area contributed by atoms with Crippen LogP contribution in [0.1, 0.15) is 24.8 Å². The topological polar surface area (TPSA) is 34.2 Å². The second-order valence-corrected chi connectivity index (χ2v) is 6.44. The Bertz CT molecular complexity index is 547. The molecule has 106 valence electrons. The predicted octanol–water partition coefficient (Wildman–Crippen LogP) is 3.47. The van der Waals surface area contributed by atoms with Gasteiger partial charge in [-0.15, -0.1) is 11.3 Å². The van der Waals surface area contributed by atoms with Crippen LogP contribution in [0.3, 0.4) is 0 Å². The van der Waals surface area contributed by atoms with E-state index in [9.17, 15) is 0 Å². The molecule has 2 aromatic rings. The summed E-state index contributed by atoms with van der Waals surface area (Å²) in [6.45, 7) is 4.79. The normalized spacial score (nSPS) is 22.2. The molecule has 0 radical (unpaired) electrons. The summed E-state index contributed by atoms with van der Waals surface area (Å²) in [6, 6.07) is 10.3. The number of rotatable bonds is 5. The summed E-state index contributed by atoms with van der Waals surface area (Å²) < 4.78 is 5.77. The van der Waals surface area contributed by atoms with E-state index in [0.29, 0.717) is 0 Å².